The van der Waals surface area contributed by atoms with Crippen LogP contribution in [0.4, 0.5) is 0 Å². The molecule has 0 aliphatic rings. The maximum atomic E-state index is 6.14. The predicted molar refractivity (Wildman–Crippen MR) is 64.3 cm³/mol. The molecule has 0 aromatic carbocycles. The summed E-state index contributed by atoms with van der Waals surface area (Å²) in [5.74, 6) is 0. The highest BCUT2D eigenvalue weighted by molar-refractivity contribution is 4.84. The second kappa shape index (κ2) is 5.52. The second-order valence-electron chi connectivity index (χ2n) is 5.31. The first-order valence-corrected chi connectivity index (χ1v) is 5.39. The molecule has 2 nitrogen and oxygen atoms in total. The number of nitrogens with zero attached hydrogens (tertiary/aromatic N) is 1. The molecule has 0 rings (SSSR count). The zero-order valence-corrected chi connectivity index (χ0v) is 10.4. The van der Waals surface area contributed by atoms with Crippen LogP contribution in [-0.2, 0) is 0 Å². The standard InChI is InChI=1S/C12H26N2/c1-7-8-14(10(2)3)9-11(13)12(4,5)6/h7,10-11H,1,8-9,13H2,2-6H3. The van der Waals surface area contributed by atoms with Crippen LogP contribution in [0.15, 0.2) is 12.7 Å². The summed E-state index contributed by atoms with van der Waals surface area (Å²) in [4.78, 5) is 2.35. The summed E-state index contributed by atoms with van der Waals surface area (Å²) in [5.41, 5.74) is 6.32. The average molecular weight is 198 g/mol. The first kappa shape index (κ1) is 13.7. The van der Waals surface area contributed by atoms with E-state index in [0.29, 0.717) is 6.04 Å². The molecular weight excluding hydrogens is 172 g/mol. The minimum absolute atomic E-state index is 0.175. The Kier molecular flexibility index (Phi) is 5.38. The van der Waals surface area contributed by atoms with Gasteiger partial charge in [0.15, 0.2) is 0 Å². The molecule has 2 N–H and O–H groups in total. The van der Waals surface area contributed by atoms with Crippen LogP contribution in [0.2, 0.25) is 0 Å². The highest BCUT2D eigenvalue weighted by atomic mass is 15.2. The van der Waals surface area contributed by atoms with Crippen molar-refractivity contribution in [1.82, 2.24) is 4.90 Å². The number of hydrogen-bond donors (Lipinski definition) is 1. The van der Waals surface area contributed by atoms with E-state index in [-0.39, 0.29) is 11.5 Å². The molecule has 0 spiro atoms. The Balaban J connectivity index is 4.22. The van der Waals surface area contributed by atoms with Crippen molar-refractivity contribution < 1.29 is 0 Å². The van der Waals surface area contributed by atoms with Gasteiger partial charge in [-0.25, -0.2) is 0 Å². The van der Waals surface area contributed by atoms with Crippen molar-refractivity contribution >= 4 is 0 Å². The van der Waals surface area contributed by atoms with Gasteiger partial charge >= 0.3 is 0 Å². The van der Waals surface area contributed by atoms with E-state index in [1.54, 1.807) is 0 Å². The van der Waals surface area contributed by atoms with Gasteiger partial charge < -0.3 is 5.73 Å². The number of rotatable bonds is 5. The van der Waals surface area contributed by atoms with Crippen LogP contribution in [0.5, 0.6) is 0 Å². The van der Waals surface area contributed by atoms with E-state index in [4.69, 9.17) is 5.73 Å². The molecule has 0 aliphatic carbocycles. The summed E-state index contributed by atoms with van der Waals surface area (Å²) in [6.07, 6.45) is 1.94. The van der Waals surface area contributed by atoms with Crippen molar-refractivity contribution in [3.8, 4) is 0 Å². The molecule has 0 fully saturated rings. The third kappa shape index (κ3) is 4.77. The molecule has 0 heterocycles. The zero-order valence-electron chi connectivity index (χ0n) is 10.4. The lowest BCUT2D eigenvalue weighted by Crippen LogP contribution is -2.47. The van der Waals surface area contributed by atoms with Crippen LogP contribution >= 0.6 is 0 Å². The van der Waals surface area contributed by atoms with Gasteiger partial charge in [-0.15, -0.1) is 6.58 Å². The Labute approximate surface area is 89.2 Å². The summed E-state index contributed by atoms with van der Waals surface area (Å²) in [5, 5.41) is 0. The molecule has 84 valence electrons. The summed E-state index contributed by atoms with van der Waals surface area (Å²) >= 11 is 0. The Morgan fingerprint density at radius 2 is 1.86 bits per heavy atom. The third-order valence-corrected chi connectivity index (χ3v) is 2.64. The van der Waals surface area contributed by atoms with Crippen LogP contribution in [0.1, 0.15) is 34.6 Å². The van der Waals surface area contributed by atoms with Gasteiger partial charge in [-0.3, -0.25) is 4.90 Å². The lowest BCUT2D eigenvalue weighted by molar-refractivity contribution is 0.181. The van der Waals surface area contributed by atoms with E-state index in [0.717, 1.165) is 13.1 Å². The summed E-state index contributed by atoms with van der Waals surface area (Å²) in [6.45, 7) is 16.6. The van der Waals surface area contributed by atoms with Gasteiger partial charge in [0.25, 0.3) is 0 Å². The molecule has 14 heavy (non-hydrogen) atoms. The molecule has 0 amide bonds. The van der Waals surface area contributed by atoms with Gasteiger partial charge in [0.05, 0.1) is 0 Å². The van der Waals surface area contributed by atoms with Gasteiger partial charge in [0.2, 0.25) is 0 Å². The first-order valence-electron chi connectivity index (χ1n) is 5.39. The molecule has 0 bridgehead atoms. The molecule has 2 heteroatoms. The monoisotopic (exact) mass is 198 g/mol. The first-order chi connectivity index (χ1) is 6.29. The molecule has 0 radical (unpaired) electrons. The Morgan fingerprint density at radius 3 is 2.14 bits per heavy atom. The van der Waals surface area contributed by atoms with Gasteiger partial charge in [0, 0.05) is 25.2 Å². The van der Waals surface area contributed by atoms with E-state index >= 15 is 0 Å². The Morgan fingerprint density at radius 1 is 1.36 bits per heavy atom. The summed E-state index contributed by atoms with van der Waals surface area (Å²) in [7, 11) is 0. The third-order valence-electron chi connectivity index (χ3n) is 2.64. The van der Waals surface area contributed by atoms with Crippen LogP contribution in [0, 0.1) is 5.41 Å². The molecular formula is C12H26N2. The molecule has 0 aliphatic heterocycles. The Hall–Kier alpha value is -0.340. The Bertz CT molecular complexity index is 168. The van der Waals surface area contributed by atoms with Gasteiger partial charge in [-0.1, -0.05) is 26.8 Å². The molecule has 0 saturated carbocycles. The van der Waals surface area contributed by atoms with E-state index in [9.17, 15) is 0 Å². The van der Waals surface area contributed by atoms with Gasteiger partial charge in [-0.2, -0.15) is 0 Å². The lowest BCUT2D eigenvalue weighted by Gasteiger charge is -2.34. The number of hydrogen-bond acceptors (Lipinski definition) is 2. The summed E-state index contributed by atoms with van der Waals surface area (Å²) < 4.78 is 0. The summed E-state index contributed by atoms with van der Waals surface area (Å²) in [6, 6.07) is 0.742. The lowest BCUT2D eigenvalue weighted by atomic mass is 9.87. The molecule has 0 aromatic heterocycles. The van der Waals surface area contributed by atoms with Crippen molar-refractivity contribution in [3.63, 3.8) is 0 Å². The van der Waals surface area contributed by atoms with E-state index in [1.165, 1.54) is 0 Å². The fourth-order valence-corrected chi connectivity index (χ4v) is 1.19. The molecule has 1 atom stereocenters. The average Bonchev–Trinajstić information content (AvgIpc) is 2.01. The quantitative estimate of drug-likeness (QED) is 0.687. The number of nitrogens with two attached hydrogens (primary N) is 1. The largest absolute Gasteiger partial charge is 0.326 e. The fraction of sp³-hybridized carbons (Fsp3) is 0.833. The van der Waals surface area contributed by atoms with Crippen LogP contribution in [-0.4, -0.2) is 30.1 Å². The predicted octanol–water partition coefficient (Wildman–Crippen LogP) is 2.26. The van der Waals surface area contributed by atoms with Crippen molar-refractivity contribution in [2.45, 2.75) is 46.7 Å². The van der Waals surface area contributed by atoms with Crippen molar-refractivity contribution in [2.24, 2.45) is 11.1 Å². The second-order valence-corrected chi connectivity index (χ2v) is 5.31. The van der Waals surface area contributed by atoms with E-state index < -0.39 is 0 Å². The topological polar surface area (TPSA) is 29.3 Å². The normalized spacial score (nSPS) is 14.9. The molecule has 1 unspecified atom stereocenters. The van der Waals surface area contributed by atoms with Crippen LogP contribution < -0.4 is 5.73 Å². The highest BCUT2D eigenvalue weighted by Gasteiger charge is 2.23. The maximum Gasteiger partial charge on any atom is 0.0217 e. The highest BCUT2D eigenvalue weighted by Crippen LogP contribution is 2.18. The fourth-order valence-electron chi connectivity index (χ4n) is 1.19. The van der Waals surface area contributed by atoms with E-state index in [2.05, 4.69) is 46.1 Å². The van der Waals surface area contributed by atoms with E-state index in [1.807, 2.05) is 6.08 Å². The zero-order chi connectivity index (χ0) is 11.4. The maximum absolute atomic E-state index is 6.14. The molecule has 0 saturated heterocycles. The SMILES string of the molecule is C=CCN(CC(N)C(C)(C)C)C(C)C. The van der Waals surface area contributed by atoms with Crippen molar-refractivity contribution in [3.05, 3.63) is 12.7 Å². The minimum Gasteiger partial charge on any atom is -0.326 e. The van der Waals surface area contributed by atoms with Crippen LogP contribution in [0.25, 0.3) is 0 Å². The van der Waals surface area contributed by atoms with Gasteiger partial charge in [0.1, 0.15) is 0 Å². The smallest absolute Gasteiger partial charge is 0.0217 e. The van der Waals surface area contributed by atoms with Crippen molar-refractivity contribution in [1.29, 1.82) is 0 Å². The van der Waals surface area contributed by atoms with Gasteiger partial charge in [-0.05, 0) is 19.3 Å². The minimum atomic E-state index is 0.175. The van der Waals surface area contributed by atoms with Crippen LogP contribution in [0.3, 0.4) is 0 Å². The molecule has 0 aromatic rings. The van der Waals surface area contributed by atoms with Crippen molar-refractivity contribution in [2.75, 3.05) is 13.1 Å².